The van der Waals surface area contributed by atoms with Gasteiger partial charge in [0.1, 0.15) is 6.04 Å². The summed E-state index contributed by atoms with van der Waals surface area (Å²) in [6.07, 6.45) is 0. The van der Waals surface area contributed by atoms with Gasteiger partial charge in [-0.05, 0) is 6.92 Å². The number of nitrogens with one attached hydrogen (secondary N) is 1. The van der Waals surface area contributed by atoms with Crippen molar-refractivity contribution in [3.05, 3.63) is 0 Å². The Morgan fingerprint density at radius 3 is 2.67 bits per heavy atom. The summed E-state index contributed by atoms with van der Waals surface area (Å²) in [5.74, 6) is 1.48. The fourth-order valence-corrected chi connectivity index (χ4v) is 3.53. The molecule has 5 nitrogen and oxygen atoms in total. The van der Waals surface area contributed by atoms with Crippen LogP contribution in [0.15, 0.2) is 0 Å². The van der Waals surface area contributed by atoms with E-state index in [1.807, 2.05) is 11.8 Å². The van der Waals surface area contributed by atoms with Crippen LogP contribution in [-0.4, -0.2) is 65.0 Å². The van der Waals surface area contributed by atoms with Gasteiger partial charge in [-0.25, -0.2) is 0 Å². The minimum absolute atomic E-state index is 0. The van der Waals surface area contributed by atoms with Gasteiger partial charge in [0.2, 0.25) is 11.8 Å². The van der Waals surface area contributed by atoms with Gasteiger partial charge in [0, 0.05) is 38.4 Å². The molecule has 2 atom stereocenters. The maximum Gasteiger partial charge on any atom is 0.246 e. The molecule has 104 valence electrons. The molecular formula is C11H20ClN3O2S. The first-order valence-electron chi connectivity index (χ1n) is 5.97. The number of carbonyl (C=O) groups is 2. The zero-order valence-corrected chi connectivity index (χ0v) is 12.4. The summed E-state index contributed by atoms with van der Waals surface area (Å²) in [6, 6.07) is -0.0336. The van der Waals surface area contributed by atoms with Crippen LogP contribution in [-0.2, 0) is 9.59 Å². The van der Waals surface area contributed by atoms with Gasteiger partial charge >= 0.3 is 0 Å². The predicted molar refractivity (Wildman–Crippen MR) is 74.9 cm³/mol. The number of carbonyl (C=O) groups excluding carboxylic acids is 2. The largest absolute Gasteiger partial charge is 0.336 e. The van der Waals surface area contributed by atoms with Gasteiger partial charge in [0.25, 0.3) is 0 Å². The summed E-state index contributed by atoms with van der Waals surface area (Å²) in [7, 11) is 0. The smallest absolute Gasteiger partial charge is 0.246 e. The molecule has 2 aliphatic rings. The lowest BCUT2D eigenvalue weighted by Crippen LogP contribution is -2.57. The van der Waals surface area contributed by atoms with Crippen molar-refractivity contribution in [2.45, 2.75) is 25.9 Å². The van der Waals surface area contributed by atoms with Gasteiger partial charge in [-0.3, -0.25) is 9.59 Å². The number of rotatable bonds is 1. The summed E-state index contributed by atoms with van der Waals surface area (Å²) in [5.41, 5.74) is 0. The van der Waals surface area contributed by atoms with Crippen LogP contribution in [0.4, 0.5) is 0 Å². The summed E-state index contributed by atoms with van der Waals surface area (Å²) >= 11 is 1.65. The molecule has 1 N–H and O–H groups in total. The zero-order chi connectivity index (χ0) is 12.4. The average molecular weight is 294 g/mol. The number of hydrogen-bond acceptors (Lipinski definition) is 4. The van der Waals surface area contributed by atoms with Crippen LogP contribution >= 0.6 is 24.2 Å². The van der Waals surface area contributed by atoms with Crippen molar-refractivity contribution < 1.29 is 9.59 Å². The highest BCUT2D eigenvalue weighted by Gasteiger charge is 2.37. The Balaban J connectivity index is 0.00000162. The van der Waals surface area contributed by atoms with Crippen molar-refractivity contribution in [1.82, 2.24) is 15.1 Å². The molecule has 0 aromatic carbocycles. The molecular weight excluding hydrogens is 274 g/mol. The standard InChI is InChI=1S/C11H19N3O2S.ClH/c1-8-5-12-3-4-13(8)11(16)10-6-17-7-14(10)9(2)15;/h8,10,12H,3-7H2,1-2H3;1H/t8-,10?;/m1./s1. The van der Waals surface area contributed by atoms with Crippen LogP contribution in [0.2, 0.25) is 0 Å². The molecule has 0 saturated carbocycles. The van der Waals surface area contributed by atoms with Crippen LogP contribution in [0.3, 0.4) is 0 Å². The Labute approximate surface area is 118 Å². The first-order chi connectivity index (χ1) is 8.11. The zero-order valence-electron chi connectivity index (χ0n) is 10.7. The minimum Gasteiger partial charge on any atom is -0.336 e. The Hall–Kier alpha value is -0.460. The van der Waals surface area contributed by atoms with E-state index in [9.17, 15) is 9.59 Å². The SMILES string of the molecule is CC(=O)N1CSCC1C(=O)N1CCNC[C@H]1C.Cl. The fourth-order valence-electron chi connectivity index (χ4n) is 2.32. The highest BCUT2D eigenvalue weighted by Crippen LogP contribution is 2.23. The van der Waals surface area contributed by atoms with E-state index in [4.69, 9.17) is 0 Å². The molecule has 2 aliphatic heterocycles. The van der Waals surface area contributed by atoms with Gasteiger partial charge in [0.05, 0.1) is 5.88 Å². The van der Waals surface area contributed by atoms with Gasteiger partial charge in [-0.1, -0.05) is 0 Å². The second kappa shape index (κ2) is 6.63. The van der Waals surface area contributed by atoms with E-state index >= 15 is 0 Å². The van der Waals surface area contributed by atoms with Crippen LogP contribution in [0.1, 0.15) is 13.8 Å². The Morgan fingerprint density at radius 2 is 2.06 bits per heavy atom. The van der Waals surface area contributed by atoms with E-state index in [-0.39, 0.29) is 36.3 Å². The molecule has 2 rings (SSSR count). The first-order valence-corrected chi connectivity index (χ1v) is 7.13. The molecule has 18 heavy (non-hydrogen) atoms. The summed E-state index contributed by atoms with van der Waals surface area (Å²) in [4.78, 5) is 27.5. The van der Waals surface area contributed by atoms with E-state index in [0.29, 0.717) is 5.88 Å². The van der Waals surface area contributed by atoms with Gasteiger partial charge < -0.3 is 15.1 Å². The van der Waals surface area contributed by atoms with E-state index < -0.39 is 0 Å². The second-order valence-electron chi connectivity index (χ2n) is 4.59. The molecule has 1 unspecified atom stereocenters. The molecule has 0 bridgehead atoms. The number of nitrogens with zero attached hydrogens (tertiary/aromatic N) is 2. The van der Waals surface area contributed by atoms with E-state index in [1.54, 1.807) is 16.7 Å². The molecule has 0 aromatic rings. The molecule has 0 radical (unpaired) electrons. The molecule has 2 saturated heterocycles. The van der Waals surface area contributed by atoms with Gasteiger partial charge in [-0.15, -0.1) is 24.2 Å². The topological polar surface area (TPSA) is 52.7 Å². The number of thioether (sulfide) groups is 1. The van der Waals surface area contributed by atoms with E-state index in [2.05, 4.69) is 5.32 Å². The van der Waals surface area contributed by atoms with Crippen molar-refractivity contribution in [3.63, 3.8) is 0 Å². The quantitative estimate of drug-likeness (QED) is 0.748. The van der Waals surface area contributed by atoms with Crippen molar-refractivity contribution in [1.29, 1.82) is 0 Å². The van der Waals surface area contributed by atoms with Crippen molar-refractivity contribution in [3.8, 4) is 0 Å². The van der Waals surface area contributed by atoms with Crippen LogP contribution in [0.25, 0.3) is 0 Å². The summed E-state index contributed by atoms with van der Waals surface area (Å²) < 4.78 is 0. The number of hydrogen-bond donors (Lipinski definition) is 1. The van der Waals surface area contributed by atoms with Gasteiger partial charge in [0.15, 0.2) is 0 Å². The normalized spacial score (nSPS) is 27.9. The van der Waals surface area contributed by atoms with Crippen LogP contribution in [0.5, 0.6) is 0 Å². The van der Waals surface area contributed by atoms with Crippen molar-refractivity contribution in [2.75, 3.05) is 31.3 Å². The lowest BCUT2D eigenvalue weighted by Gasteiger charge is -2.37. The number of piperazine rings is 1. The third-order valence-electron chi connectivity index (χ3n) is 3.36. The molecule has 0 aromatic heterocycles. The number of amides is 2. The highest BCUT2D eigenvalue weighted by molar-refractivity contribution is 7.99. The van der Waals surface area contributed by atoms with E-state index in [1.165, 1.54) is 6.92 Å². The summed E-state index contributed by atoms with van der Waals surface area (Å²) in [5, 5.41) is 3.26. The molecule has 7 heteroatoms. The Morgan fingerprint density at radius 1 is 1.33 bits per heavy atom. The molecule has 2 heterocycles. The first kappa shape index (κ1) is 15.6. The van der Waals surface area contributed by atoms with Gasteiger partial charge in [-0.2, -0.15) is 0 Å². The lowest BCUT2D eigenvalue weighted by molar-refractivity contribution is -0.144. The monoisotopic (exact) mass is 293 g/mol. The van der Waals surface area contributed by atoms with Crippen LogP contribution in [0, 0.1) is 0 Å². The third kappa shape index (κ3) is 3.10. The molecule has 2 fully saturated rings. The lowest BCUT2D eigenvalue weighted by atomic mass is 10.1. The maximum atomic E-state index is 12.4. The maximum absolute atomic E-state index is 12.4. The molecule has 2 amide bonds. The summed E-state index contributed by atoms with van der Waals surface area (Å²) in [6.45, 7) is 6.01. The minimum atomic E-state index is -0.252. The van der Waals surface area contributed by atoms with Crippen LogP contribution < -0.4 is 5.32 Å². The predicted octanol–water partition coefficient (Wildman–Crippen LogP) is 0.150. The fraction of sp³-hybridized carbons (Fsp3) is 0.818. The number of halogens is 1. The average Bonchev–Trinajstić information content (AvgIpc) is 2.77. The Kier molecular flexibility index (Phi) is 5.75. The highest BCUT2D eigenvalue weighted by atomic mass is 35.5. The van der Waals surface area contributed by atoms with E-state index in [0.717, 1.165) is 25.4 Å². The Bertz CT molecular complexity index is 329. The van der Waals surface area contributed by atoms with Crippen molar-refractivity contribution >= 4 is 36.0 Å². The molecule has 0 aliphatic carbocycles. The third-order valence-corrected chi connectivity index (χ3v) is 4.37. The molecule has 0 spiro atoms. The van der Waals surface area contributed by atoms with Crippen molar-refractivity contribution in [2.24, 2.45) is 0 Å². The second-order valence-corrected chi connectivity index (χ2v) is 5.59.